The lowest BCUT2D eigenvalue weighted by Crippen LogP contribution is -2.16. The summed E-state index contributed by atoms with van der Waals surface area (Å²) < 4.78 is 20.0. The minimum absolute atomic E-state index is 0.134. The molecule has 1 aromatic heterocycles. The summed E-state index contributed by atoms with van der Waals surface area (Å²) in [4.78, 5) is 10.9. The third-order valence-electron chi connectivity index (χ3n) is 3.73. The number of hydrogen-bond donors (Lipinski definition) is 0. The van der Waals surface area contributed by atoms with Crippen molar-refractivity contribution in [3.63, 3.8) is 0 Å². The first kappa shape index (κ1) is 19.4. The van der Waals surface area contributed by atoms with Crippen molar-refractivity contribution in [2.45, 2.75) is 33.3 Å². The van der Waals surface area contributed by atoms with Crippen LogP contribution in [0.1, 0.15) is 25.1 Å². The smallest absolute Gasteiger partial charge is 0.228 e. The Morgan fingerprint density at radius 1 is 1.40 bits per heavy atom. The fourth-order valence-electron chi connectivity index (χ4n) is 2.23. The highest BCUT2D eigenvalue weighted by Crippen LogP contribution is 2.30. The quantitative estimate of drug-likeness (QED) is 0.483. The van der Waals surface area contributed by atoms with E-state index in [4.69, 9.17) is 4.74 Å². The van der Waals surface area contributed by atoms with Crippen molar-refractivity contribution in [3.8, 4) is 5.88 Å². The Labute approximate surface area is 156 Å². The van der Waals surface area contributed by atoms with E-state index in [-0.39, 0.29) is 11.9 Å². The van der Waals surface area contributed by atoms with Crippen molar-refractivity contribution in [1.29, 1.82) is 0 Å². The lowest BCUT2D eigenvalue weighted by molar-refractivity contribution is 0.211. The maximum atomic E-state index is 13.3. The van der Waals surface area contributed by atoms with Crippen LogP contribution in [-0.2, 0) is 6.42 Å². The van der Waals surface area contributed by atoms with Crippen molar-refractivity contribution in [2.24, 2.45) is 4.99 Å². The van der Waals surface area contributed by atoms with E-state index in [1.165, 1.54) is 12.1 Å². The summed E-state index contributed by atoms with van der Waals surface area (Å²) in [5.41, 5.74) is 2.47. The molecule has 0 aliphatic carbocycles. The molecule has 0 N–H and O–H groups in total. The lowest BCUT2D eigenvalue weighted by atomic mass is 10.1. The number of benzene rings is 1. The third-order valence-corrected chi connectivity index (χ3v) is 4.29. The van der Waals surface area contributed by atoms with Crippen LogP contribution in [0, 0.1) is 12.7 Å². The Balaban J connectivity index is 2.09. The zero-order chi connectivity index (χ0) is 18.4. The third kappa shape index (κ3) is 5.81. The molecule has 1 aromatic carbocycles. The summed E-state index contributed by atoms with van der Waals surface area (Å²) in [6, 6.07) is 8.45. The second-order valence-electron chi connectivity index (χ2n) is 5.96. The number of ether oxygens (including phenoxy) is 1. The number of nitrogens with zero attached hydrogens (tertiary/aromatic N) is 3. The van der Waals surface area contributed by atoms with E-state index in [1.54, 1.807) is 12.4 Å². The topological polar surface area (TPSA) is 37.7 Å². The summed E-state index contributed by atoms with van der Waals surface area (Å²) in [5.74, 6) is 0.281. The van der Waals surface area contributed by atoms with Crippen LogP contribution in [0.3, 0.4) is 0 Å². The maximum absolute atomic E-state index is 13.3. The molecule has 1 heterocycles. The van der Waals surface area contributed by atoms with Crippen LogP contribution >= 0.6 is 15.9 Å². The molecule has 0 saturated carbocycles. The van der Waals surface area contributed by atoms with E-state index >= 15 is 0 Å². The van der Waals surface area contributed by atoms with Crippen LogP contribution in [-0.4, -0.2) is 35.9 Å². The minimum Gasteiger partial charge on any atom is -0.473 e. The van der Waals surface area contributed by atoms with E-state index in [1.807, 2.05) is 37.9 Å². The zero-order valence-corrected chi connectivity index (χ0v) is 16.5. The van der Waals surface area contributed by atoms with Gasteiger partial charge in [0.25, 0.3) is 0 Å². The SMILES string of the molecule is CCN(C)/C=N/c1cc(Br)c(OC(C)Cc2cccc(F)c2)nc1C. The van der Waals surface area contributed by atoms with Crippen molar-refractivity contribution < 1.29 is 9.13 Å². The largest absolute Gasteiger partial charge is 0.473 e. The van der Waals surface area contributed by atoms with E-state index in [2.05, 4.69) is 32.8 Å². The van der Waals surface area contributed by atoms with Gasteiger partial charge in [-0.3, -0.25) is 0 Å². The maximum Gasteiger partial charge on any atom is 0.228 e. The molecule has 0 saturated heterocycles. The van der Waals surface area contributed by atoms with Crippen LogP contribution in [0.2, 0.25) is 0 Å². The van der Waals surface area contributed by atoms with Gasteiger partial charge in [-0.15, -0.1) is 0 Å². The van der Waals surface area contributed by atoms with Gasteiger partial charge in [-0.25, -0.2) is 14.4 Å². The molecule has 0 radical (unpaired) electrons. The van der Waals surface area contributed by atoms with Gasteiger partial charge in [0.1, 0.15) is 11.9 Å². The summed E-state index contributed by atoms with van der Waals surface area (Å²) in [6.45, 7) is 6.78. The van der Waals surface area contributed by atoms with E-state index < -0.39 is 0 Å². The Bertz CT molecular complexity index is 751. The second kappa shape index (κ2) is 8.94. The summed E-state index contributed by atoms with van der Waals surface area (Å²) in [6.07, 6.45) is 2.25. The molecule has 6 heteroatoms. The first-order valence-corrected chi connectivity index (χ1v) is 9.01. The van der Waals surface area contributed by atoms with E-state index in [0.717, 1.165) is 28.0 Å². The Morgan fingerprint density at radius 3 is 2.84 bits per heavy atom. The summed E-state index contributed by atoms with van der Waals surface area (Å²) >= 11 is 3.50. The Kier molecular flexibility index (Phi) is 6.93. The molecule has 2 aromatic rings. The standard InChI is InChI=1S/C19H23BrFN3O/c1-5-24(4)12-22-18-11-17(20)19(23-14(18)3)25-13(2)9-15-7-6-8-16(21)10-15/h6-8,10-13H,5,9H2,1-4H3/b22-12+. The monoisotopic (exact) mass is 407 g/mol. The van der Waals surface area contributed by atoms with Crippen LogP contribution in [0.25, 0.3) is 0 Å². The highest BCUT2D eigenvalue weighted by atomic mass is 79.9. The molecule has 2 rings (SSSR count). The number of aryl methyl sites for hydroxylation is 1. The molecule has 1 atom stereocenters. The van der Waals surface area contributed by atoms with Crippen molar-refractivity contribution >= 4 is 28.0 Å². The number of halogens is 2. The molecular formula is C19H23BrFN3O. The molecule has 25 heavy (non-hydrogen) atoms. The molecule has 0 aliphatic heterocycles. The fourth-order valence-corrected chi connectivity index (χ4v) is 2.63. The fraction of sp³-hybridized carbons (Fsp3) is 0.368. The van der Waals surface area contributed by atoms with Gasteiger partial charge in [-0.1, -0.05) is 12.1 Å². The van der Waals surface area contributed by atoms with Gasteiger partial charge >= 0.3 is 0 Å². The Hall–Kier alpha value is -1.95. The minimum atomic E-state index is -0.237. The second-order valence-corrected chi connectivity index (χ2v) is 6.81. The van der Waals surface area contributed by atoms with Gasteiger partial charge in [-0.05, 0) is 60.5 Å². The van der Waals surface area contributed by atoms with Gasteiger partial charge in [0.15, 0.2) is 0 Å². The number of pyridine rings is 1. The Morgan fingerprint density at radius 2 is 2.16 bits per heavy atom. The van der Waals surface area contributed by atoms with Gasteiger partial charge in [0.2, 0.25) is 5.88 Å². The summed E-state index contributed by atoms with van der Waals surface area (Å²) in [5, 5.41) is 0. The number of rotatable bonds is 7. The molecule has 1 unspecified atom stereocenters. The zero-order valence-electron chi connectivity index (χ0n) is 15.0. The predicted molar refractivity (Wildman–Crippen MR) is 103 cm³/mol. The number of hydrogen-bond acceptors (Lipinski definition) is 3. The molecule has 4 nitrogen and oxygen atoms in total. The summed E-state index contributed by atoms with van der Waals surface area (Å²) in [7, 11) is 1.97. The normalized spacial score (nSPS) is 12.4. The highest BCUT2D eigenvalue weighted by molar-refractivity contribution is 9.10. The van der Waals surface area contributed by atoms with E-state index in [0.29, 0.717) is 12.3 Å². The molecule has 0 spiro atoms. The molecule has 0 bridgehead atoms. The first-order valence-electron chi connectivity index (χ1n) is 8.21. The van der Waals surface area contributed by atoms with Crippen LogP contribution in [0.4, 0.5) is 10.1 Å². The van der Waals surface area contributed by atoms with Crippen molar-refractivity contribution in [2.75, 3.05) is 13.6 Å². The number of aromatic nitrogens is 1. The van der Waals surface area contributed by atoms with Gasteiger partial charge in [0.05, 0.1) is 22.2 Å². The van der Waals surface area contributed by atoms with Gasteiger partial charge in [-0.2, -0.15) is 0 Å². The van der Waals surface area contributed by atoms with Crippen LogP contribution in [0.5, 0.6) is 5.88 Å². The molecule has 134 valence electrons. The predicted octanol–water partition coefficient (Wildman–Crippen LogP) is 4.91. The molecule has 0 fully saturated rings. The average Bonchev–Trinajstić information content (AvgIpc) is 2.56. The van der Waals surface area contributed by atoms with Crippen LogP contribution < -0.4 is 4.74 Å². The first-order chi connectivity index (χ1) is 11.9. The molecular weight excluding hydrogens is 385 g/mol. The van der Waals surface area contributed by atoms with Gasteiger partial charge < -0.3 is 9.64 Å². The van der Waals surface area contributed by atoms with E-state index in [9.17, 15) is 4.39 Å². The molecule has 0 aliphatic rings. The van der Waals surface area contributed by atoms with Crippen molar-refractivity contribution in [3.05, 3.63) is 51.9 Å². The van der Waals surface area contributed by atoms with Crippen molar-refractivity contribution in [1.82, 2.24) is 9.88 Å². The lowest BCUT2D eigenvalue weighted by Gasteiger charge is -2.16. The van der Waals surface area contributed by atoms with Crippen LogP contribution in [0.15, 0.2) is 39.8 Å². The van der Waals surface area contributed by atoms with Gasteiger partial charge in [0, 0.05) is 20.0 Å². The average molecular weight is 408 g/mol. The molecule has 0 amide bonds. The number of aliphatic imine (C=N–C) groups is 1. The highest BCUT2D eigenvalue weighted by Gasteiger charge is 2.13.